The molecule has 0 amide bonds. The van der Waals surface area contributed by atoms with Crippen molar-refractivity contribution in [3.8, 4) is 0 Å². The molecule has 1 rings (SSSR count). The summed E-state index contributed by atoms with van der Waals surface area (Å²) in [5.74, 6) is 0. The smallest absolute Gasteiger partial charge is 0.386 e. The summed E-state index contributed by atoms with van der Waals surface area (Å²) in [7, 11) is 0. The van der Waals surface area contributed by atoms with Gasteiger partial charge in [0, 0.05) is 0 Å². The fourth-order valence-corrected chi connectivity index (χ4v) is 1.63. The van der Waals surface area contributed by atoms with Crippen molar-refractivity contribution in [1.29, 1.82) is 0 Å². The SMILES string of the molecule is Cc1ccc(C(O)COC(C(F)(F)F)C(F)(F)F)cc1C. The molecule has 0 aromatic heterocycles. The van der Waals surface area contributed by atoms with Crippen LogP contribution < -0.4 is 0 Å². The Balaban J connectivity index is 2.78. The third kappa shape index (κ3) is 4.89. The first-order chi connectivity index (χ1) is 9.43. The maximum absolute atomic E-state index is 12.3. The second kappa shape index (κ2) is 6.23. The highest BCUT2D eigenvalue weighted by molar-refractivity contribution is 5.31. The number of hydrogen-bond donors (Lipinski definition) is 1. The van der Waals surface area contributed by atoms with E-state index in [2.05, 4.69) is 4.74 Å². The molecule has 0 saturated carbocycles. The van der Waals surface area contributed by atoms with Crippen LogP contribution in [0.15, 0.2) is 18.2 Å². The zero-order valence-corrected chi connectivity index (χ0v) is 11.2. The van der Waals surface area contributed by atoms with Crippen molar-refractivity contribution in [1.82, 2.24) is 0 Å². The minimum atomic E-state index is -5.58. The highest BCUT2D eigenvalue weighted by Crippen LogP contribution is 2.36. The van der Waals surface area contributed by atoms with Crippen LogP contribution in [0.25, 0.3) is 0 Å². The van der Waals surface area contributed by atoms with Crippen molar-refractivity contribution in [3.63, 3.8) is 0 Å². The fraction of sp³-hybridized carbons (Fsp3) is 0.538. The minimum Gasteiger partial charge on any atom is -0.386 e. The molecule has 120 valence electrons. The molecule has 0 fully saturated rings. The maximum atomic E-state index is 12.3. The Morgan fingerprint density at radius 3 is 1.95 bits per heavy atom. The Labute approximate surface area is 117 Å². The standard InChI is InChI=1S/C13H14F6O2/c1-7-3-4-9(5-8(7)2)10(20)6-21-11(12(14,15)16)13(17,18)19/h3-5,10-11,20H,6H2,1-2H3. The van der Waals surface area contributed by atoms with Crippen molar-refractivity contribution >= 4 is 0 Å². The summed E-state index contributed by atoms with van der Waals surface area (Å²) < 4.78 is 77.4. The second-order valence-corrected chi connectivity index (χ2v) is 4.66. The molecule has 1 aromatic rings. The number of ether oxygens (including phenoxy) is 1. The molecule has 0 aliphatic heterocycles. The van der Waals surface area contributed by atoms with E-state index in [1.807, 2.05) is 0 Å². The number of aliphatic hydroxyl groups excluding tert-OH is 1. The lowest BCUT2D eigenvalue weighted by atomic mass is 10.0. The molecule has 8 heteroatoms. The van der Waals surface area contributed by atoms with E-state index in [1.165, 1.54) is 12.1 Å². The minimum absolute atomic E-state index is 0.196. The molecule has 1 unspecified atom stereocenters. The number of aryl methyl sites for hydroxylation is 2. The molecule has 0 radical (unpaired) electrons. The fourth-order valence-electron chi connectivity index (χ4n) is 1.63. The summed E-state index contributed by atoms with van der Waals surface area (Å²) in [5, 5.41) is 9.66. The van der Waals surface area contributed by atoms with E-state index in [4.69, 9.17) is 0 Å². The van der Waals surface area contributed by atoms with Gasteiger partial charge in [0.15, 0.2) is 0 Å². The van der Waals surface area contributed by atoms with E-state index in [-0.39, 0.29) is 5.56 Å². The van der Waals surface area contributed by atoms with Gasteiger partial charge in [-0.2, -0.15) is 26.3 Å². The van der Waals surface area contributed by atoms with Crippen molar-refractivity contribution in [2.75, 3.05) is 6.61 Å². The summed E-state index contributed by atoms with van der Waals surface area (Å²) in [6, 6.07) is 4.52. The first-order valence-electron chi connectivity index (χ1n) is 5.93. The number of halogens is 6. The maximum Gasteiger partial charge on any atom is 0.423 e. The van der Waals surface area contributed by atoms with Crippen molar-refractivity contribution < 1.29 is 36.2 Å². The van der Waals surface area contributed by atoms with Gasteiger partial charge in [-0.05, 0) is 30.5 Å². The van der Waals surface area contributed by atoms with E-state index in [0.29, 0.717) is 0 Å². The molecule has 1 aromatic carbocycles. The molecule has 0 saturated heterocycles. The van der Waals surface area contributed by atoms with Crippen LogP contribution in [0, 0.1) is 13.8 Å². The quantitative estimate of drug-likeness (QED) is 0.855. The summed E-state index contributed by atoms with van der Waals surface area (Å²) in [6.45, 7) is 2.39. The lowest BCUT2D eigenvalue weighted by molar-refractivity contribution is -0.324. The predicted molar refractivity (Wildman–Crippen MR) is 62.7 cm³/mol. The molecular formula is C13H14F6O2. The van der Waals surface area contributed by atoms with Gasteiger partial charge < -0.3 is 9.84 Å². The molecule has 21 heavy (non-hydrogen) atoms. The lowest BCUT2D eigenvalue weighted by Crippen LogP contribution is -2.45. The van der Waals surface area contributed by atoms with Gasteiger partial charge in [-0.15, -0.1) is 0 Å². The van der Waals surface area contributed by atoms with Crippen LogP contribution >= 0.6 is 0 Å². The molecule has 0 aliphatic carbocycles. The van der Waals surface area contributed by atoms with Crippen LogP contribution in [0.4, 0.5) is 26.3 Å². The van der Waals surface area contributed by atoms with Gasteiger partial charge in [0.1, 0.15) is 6.10 Å². The Hall–Kier alpha value is -1.28. The summed E-state index contributed by atoms with van der Waals surface area (Å²) >= 11 is 0. The number of rotatable bonds is 4. The monoisotopic (exact) mass is 316 g/mol. The molecule has 0 bridgehead atoms. The van der Waals surface area contributed by atoms with E-state index in [0.717, 1.165) is 11.1 Å². The summed E-state index contributed by atoms with van der Waals surface area (Å²) in [5.41, 5.74) is 1.84. The van der Waals surface area contributed by atoms with Gasteiger partial charge in [-0.1, -0.05) is 18.2 Å². The number of aliphatic hydroxyl groups is 1. The van der Waals surface area contributed by atoms with Crippen molar-refractivity contribution in [2.45, 2.75) is 38.4 Å². The Morgan fingerprint density at radius 1 is 1.00 bits per heavy atom. The average molecular weight is 316 g/mol. The molecule has 0 spiro atoms. The lowest BCUT2D eigenvalue weighted by Gasteiger charge is -2.24. The van der Waals surface area contributed by atoms with E-state index >= 15 is 0 Å². The molecular weight excluding hydrogens is 302 g/mol. The Morgan fingerprint density at radius 2 is 1.52 bits per heavy atom. The predicted octanol–water partition coefficient (Wildman–Crippen LogP) is 3.85. The van der Waals surface area contributed by atoms with Gasteiger partial charge in [-0.3, -0.25) is 0 Å². The number of benzene rings is 1. The summed E-state index contributed by atoms with van der Waals surface area (Å²) in [4.78, 5) is 0. The van der Waals surface area contributed by atoms with E-state index in [1.54, 1.807) is 19.9 Å². The van der Waals surface area contributed by atoms with Crippen molar-refractivity contribution in [2.24, 2.45) is 0 Å². The third-order valence-electron chi connectivity index (χ3n) is 2.93. The highest BCUT2D eigenvalue weighted by Gasteiger charge is 2.58. The van der Waals surface area contributed by atoms with Gasteiger partial charge in [0.2, 0.25) is 6.10 Å². The topological polar surface area (TPSA) is 29.5 Å². The van der Waals surface area contributed by atoms with Gasteiger partial charge in [0.25, 0.3) is 0 Å². The largest absolute Gasteiger partial charge is 0.423 e. The van der Waals surface area contributed by atoms with Gasteiger partial charge >= 0.3 is 12.4 Å². The van der Waals surface area contributed by atoms with E-state index in [9.17, 15) is 31.4 Å². The molecule has 1 N–H and O–H groups in total. The first-order valence-corrected chi connectivity index (χ1v) is 5.93. The molecule has 0 aliphatic rings. The first kappa shape index (κ1) is 17.8. The molecule has 1 atom stereocenters. The molecule has 0 heterocycles. The van der Waals surface area contributed by atoms with Crippen LogP contribution in [-0.4, -0.2) is 30.2 Å². The second-order valence-electron chi connectivity index (χ2n) is 4.66. The zero-order chi connectivity index (χ0) is 16.4. The van der Waals surface area contributed by atoms with Crippen LogP contribution in [0.1, 0.15) is 22.8 Å². The van der Waals surface area contributed by atoms with Crippen LogP contribution in [-0.2, 0) is 4.74 Å². The normalized spacial score (nSPS) is 14.6. The van der Waals surface area contributed by atoms with Gasteiger partial charge in [0.05, 0.1) is 6.61 Å². The average Bonchev–Trinajstić information content (AvgIpc) is 2.29. The van der Waals surface area contributed by atoms with Crippen LogP contribution in [0.5, 0.6) is 0 Å². The van der Waals surface area contributed by atoms with Crippen molar-refractivity contribution in [3.05, 3.63) is 34.9 Å². The van der Waals surface area contributed by atoms with Gasteiger partial charge in [-0.25, -0.2) is 0 Å². The Kier molecular flexibility index (Phi) is 5.27. The van der Waals surface area contributed by atoms with Crippen LogP contribution in [0.3, 0.4) is 0 Å². The van der Waals surface area contributed by atoms with E-state index < -0.39 is 31.2 Å². The zero-order valence-electron chi connectivity index (χ0n) is 11.2. The Bertz CT molecular complexity index is 467. The highest BCUT2D eigenvalue weighted by atomic mass is 19.4. The summed E-state index contributed by atoms with van der Waals surface area (Å²) in [6.07, 6.45) is -16.6. The number of hydrogen-bond acceptors (Lipinski definition) is 2. The third-order valence-corrected chi connectivity index (χ3v) is 2.93. The molecule has 2 nitrogen and oxygen atoms in total. The van der Waals surface area contributed by atoms with Crippen LogP contribution in [0.2, 0.25) is 0 Å². The number of alkyl halides is 6.